The number of amides is 1. The van der Waals surface area contributed by atoms with Gasteiger partial charge >= 0.3 is 0 Å². The summed E-state index contributed by atoms with van der Waals surface area (Å²) < 4.78 is 26.6. The standard InChI is InChI=1S/C22H20FN5O2S/c1-3-19(14-8-9-25-21(10-14)31(2)30)27-22(29)18-11-24-13-20-17(18)12-26-28(20)16-6-4-15(23)5-7-16/h4-13,19H,3H2,1-2H3,(H,27,29)/t19-,31-/m0/s1. The van der Waals surface area contributed by atoms with Crippen molar-refractivity contribution >= 4 is 27.6 Å². The molecule has 3 aromatic heterocycles. The number of benzene rings is 1. The van der Waals surface area contributed by atoms with Crippen LogP contribution in [0.2, 0.25) is 0 Å². The van der Waals surface area contributed by atoms with Crippen LogP contribution in [-0.2, 0) is 10.8 Å². The van der Waals surface area contributed by atoms with Crippen molar-refractivity contribution in [2.75, 3.05) is 6.26 Å². The first kappa shape index (κ1) is 20.8. The van der Waals surface area contributed by atoms with Crippen LogP contribution in [0, 0.1) is 5.82 Å². The predicted octanol–water partition coefficient (Wildman–Crippen LogP) is 3.57. The highest BCUT2D eigenvalue weighted by atomic mass is 32.2. The topological polar surface area (TPSA) is 89.8 Å². The Bertz CT molecular complexity index is 1270. The molecule has 0 radical (unpaired) electrons. The lowest BCUT2D eigenvalue weighted by molar-refractivity contribution is 0.0937. The van der Waals surface area contributed by atoms with E-state index in [1.165, 1.54) is 18.3 Å². The van der Waals surface area contributed by atoms with E-state index in [2.05, 4.69) is 20.4 Å². The zero-order valence-electron chi connectivity index (χ0n) is 16.9. The van der Waals surface area contributed by atoms with Crippen LogP contribution in [0.1, 0.15) is 35.3 Å². The number of hydrogen-bond acceptors (Lipinski definition) is 5. The van der Waals surface area contributed by atoms with Gasteiger partial charge in [0, 0.05) is 24.0 Å². The smallest absolute Gasteiger partial charge is 0.254 e. The van der Waals surface area contributed by atoms with Crippen LogP contribution in [0.5, 0.6) is 0 Å². The van der Waals surface area contributed by atoms with Crippen molar-refractivity contribution in [2.45, 2.75) is 24.4 Å². The molecule has 158 valence electrons. The predicted molar refractivity (Wildman–Crippen MR) is 116 cm³/mol. The van der Waals surface area contributed by atoms with Gasteiger partial charge in [-0.1, -0.05) is 6.92 Å². The lowest BCUT2D eigenvalue weighted by atomic mass is 10.1. The number of fused-ring (bicyclic) bond motifs is 1. The van der Waals surface area contributed by atoms with E-state index < -0.39 is 10.8 Å². The van der Waals surface area contributed by atoms with Crippen LogP contribution in [0.15, 0.2) is 66.2 Å². The van der Waals surface area contributed by atoms with E-state index in [9.17, 15) is 13.4 Å². The van der Waals surface area contributed by atoms with Crippen LogP contribution >= 0.6 is 0 Å². The molecule has 2 atom stereocenters. The third kappa shape index (κ3) is 4.22. The first-order chi connectivity index (χ1) is 15.0. The Hall–Kier alpha value is -3.46. The van der Waals surface area contributed by atoms with E-state index in [1.807, 2.05) is 6.92 Å². The number of nitrogens with one attached hydrogen (secondary N) is 1. The second-order valence-electron chi connectivity index (χ2n) is 6.97. The van der Waals surface area contributed by atoms with Gasteiger partial charge in [0.1, 0.15) is 10.8 Å². The highest BCUT2D eigenvalue weighted by Gasteiger charge is 2.19. The zero-order valence-corrected chi connectivity index (χ0v) is 17.8. The molecule has 1 aromatic carbocycles. The summed E-state index contributed by atoms with van der Waals surface area (Å²) in [6.45, 7) is 1.96. The van der Waals surface area contributed by atoms with Crippen LogP contribution in [0.4, 0.5) is 4.39 Å². The average Bonchev–Trinajstić information content (AvgIpc) is 3.22. The molecule has 0 unspecified atom stereocenters. The van der Waals surface area contributed by atoms with E-state index in [4.69, 9.17) is 0 Å². The molecule has 0 spiro atoms. The van der Waals surface area contributed by atoms with Gasteiger partial charge in [0.2, 0.25) is 0 Å². The van der Waals surface area contributed by atoms with E-state index in [0.29, 0.717) is 33.6 Å². The normalized spacial score (nSPS) is 13.1. The van der Waals surface area contributed by atoms with Crippen molar-refractivity contribution in [2.24, 2.45) is 0 Å². The van der Waals surface area contributed by atoms with Crippen LogP contribution < -0.4 is 5.32 Å². The molecule has 1 N–H and O–H groups in total. The van der Waals surface area contributed by atoms with E-state index in [1.54, 1.807) is 53.8 Å². The van der Waals surface area contributed by atoms with Crippen molar-refractivity contribution in [3.63, 3.8) is 0 Å². The third-order valence-corrected chi connectivity index (χ3v) is 5.79. The molecule has 3 heterocycles. The van der Waals surface area contributed by atoms with Gasteiger partial charge in [-0.15, -0.1) is 0 Å². The molecule has 4 aromatic rings. The number of hydrogen-bond donors (Lipinski definition) is 1. The number of pyridine rings is 2. The van der Waals surface area contributed by atoms with Crippen molar-refractivity contribution < 1.29 is 13.4 Å². The molecule has 0 fully saturated rings. The SMILES string of the molecule is CC[C@H](NC(=O)c1cncc2c1cnn2-c1ccc(F)cc1)c1ccnc([S@](C)=O)c1. The number of rotatable bonds is 6. The van der Waals surface area contributed by atoms with Crippen LogP contribution in [0.25, 0.3) is 16.6 Å². The minimum absolute atomic E-state index is 0.278. The summed E-state index contributed by atoms with van der Waals surface area (Å²) in [5, 5.41) is 8.48. The van der Waals surface area contributed by atoms with Crippen molar-refractivity contribution in [1.82, 2.24) is 25.1 Å². The van der Waals surface area contributed by atoms with Crippen LogP contribution in [-0.4, -0.2) is 36.1 Å². The maximum atomic E-state index is 13.3. The molecule has 0 saturated heterocycles. The highest BCUT2D eigenvalue weighted by Crippen LogP contribution is 2.23. The summed E-state index contributed by atoms with van der Waals surface area (Å²) in [5.41, 5.74) is 2.52. The Morgan fingerprint density at radius 1 is 1.19 bits per heavy atom. The number of carbonyl (C=O) groups excluding carboxylic acids is 1. The number of carbonyl (C=O) groups is 1. The summed E-state index contributed by atoms with van der Waals surface area (Å²) in [6, 6.07) is 9.20. The Labute approximate surface area is 180 Å². The maximum absolute atomic E-state index is 13.3. The fourth-order valence-electron chi connectivity index (χ4n) is 3.37. The molecule has 4 rings (SSSR count). The Morgan fingerprint density at radius 2 is 1.97 bits per heavy atom. The molecule has 31 heavy (non-hydrogen) atoms. The summed E-state index contributed by atoms with van der Waals surface area (Å²) in [6.07, 6.45) is 8.52. The average molecular weight is 438 g/mol. The second kappa shape index (κ2) is 8.73. The quantitative estimate of drug-likeness (QED) is 0.498. The first-order valence-corrected chi connectivity index (χ1v) is 11.2. The molecule has 9 heteroatoms. The van der Waals surface area contributed by atoms with Gasteiger partial charge in [-0.25, -0.2) is 14.1 Å². The van der Waals surface area contributed by atoms with Crippen molar-refractivity contribution in [1.29, 1.82) is 0 Å². The number of nitrogens with zero attached hydrogens (tertiary/aromatic N) is 4. The van der Waals surface area contributed by atoms with Crippen molar-refractivity contribution in [3.8, 4) is 5.69 Å². The first-order valence-electron chi connectivity index (χ1n) is 9.66. The van der Waals surface area contributed by atoms with E-state index in [-0.39, 0.29) is 17.8 Å². The van der Waals surface area contributed by atoms with Crippen LogP contribution in [0.3, 0.4) is 0 Å². The third-order valence-electron chi connectivity index (χ3n) is 4.98. The monoisotopic (exact) mass is 437 g/mol. The Kier molecular flexibility index (Phi) is 5.85. The summed E-state index contributed by atoms with van der Waals surface area (Å²) in [7, 11) is -1.21. The zero-order chi connectivity index (χ0) is 22.0. The Morgan fingerprint density at radius 3 is 2.68 bits per heavy atom. The second-order valence-corrected chi connectivity index (χ2v) is 8.30. The lowest BCUT2D eigenvalue weighted by Crippen LogP contribution is -2.28. The largest absolute Gasteiger partial charge is 0.345 e. The van der Waals surface area contributed by atoms with Gasteiger partial charge in [0.25, 0.3) is 5.91 Å². The molecule has 7 nitrogen and oxygen atoms in total. The molecular formula is C22H20FN5O2S. The molecule has 0 aliphatic heterocycles. The van der Waals surface area contributed by atoms with Crippen molar-refractivity contribution in [3.05, 3.63) is 78.1 Å². The van der Waals surface area contributed by atoms with Gasteiger partial charge in [-0.3, -0.25) is 14.0 Å². The Balaban J connectivity index is 1.65. The molecular weight excluding hydrogens is 417 g/mol. The summed E-state index contributed by atoms with van der Waals surface area (Å²) in [5.74, 6) is -0.630. The molecule has 0 aliphatic rings. The summed E-state index contributed by atoms with van der Waals surface area (Å²) >= 11 is 0. The molecule has 0 saturated carbocycles. The minimum atomic E-state index is -1.21. The van der Waals surface area contributed by atoms with Gasteiger partial charge in [0.15, 0.2) is 0 Å². The van der Waals surface area contributed by atoms with Gasteiger partial charge < -0.3 is 5.32 Å². The highest BCUT2D eigenvalue weighted by molar-refractivity contribution is 7.84. The van der Waals surface area contributed by atoms with Gasteiger partial charge in [0.05, 0.1) is 46.0 Å². The molecule has 1 amide bonds. The van der Waals surface area contributed by atoms with E-state index in [0.717, 1.165) is 5.56 Å². The molecule has 0 aliphatic carbocycles. The summed E-state index contributed by atoms with van der Waals surface area (Å²) in [4.78, 5) is 21.4. The fraction of sp³-hybridized carbons (Fsp3) is 0.182. The molecule has 0 bridgehead atoms. The fourth-order valence-corrected chi connectivity index (χ4v) is 3.88. The minimum Gasteiger partial charge on any atom is -0.345 e. The van der Waals surface area contributed by atoms with Gasteiger partial charge in [-0.05, 0) is 48.4 Å². The maximum Gasteiger partial charge on any atom is 0.254 e. The van der Waals surface area contributed by atoms with E-state index >= 15 is 0 Å². The number of aromatic nitrogens is 4. The van der Waals surface area contributed by atoms with Gasteiger partial charge in [-0.2, -0.15) is 5.10 Å². The lowest BCUT2D eigenvalue weighted by Gasteiger charge is -2.18. The number of halogens is 1.